The number of amides is 1. The lowest BCUT2D eigenvalue weighted by atomic mass is 9.76. The molecule has 1 N–H and O–H groups in total. The van der Waals surface area contributed by atoms with Crippen molar-refractivity contribution in [1.82, 2.24) is 14.5 Å². The molecule has 6 heteroatoms. The standard InChI is InChI=1S/C17H21N3O3/c1-12-3-2-5-20-15(12)14(7-18-20)16(22)19-8-13-4-6-23-11-17(13,9-19)10-21/h2-3,5,7,13,21H,4,6,8-11H2,1H3/t13-,17+/m0/s1. The molecule has 0 aromatic carbocycles. The average Bonchev–Trinajstić information content (AvgIpc) is 3.17. The Morgan fingerprint density at radius 3 is 3.22 bits per heavy atom. The van der Waals surface area contributed by atoms with Gasteiger partial charge in [0.1, 0.15) is 0 Å². The van der Waals surface area contributed by atoms with Gasteiger partial charge in [0.2, 0.25) is 0 Å². The van der Waals surface area contributed by atoms with E-state index in [-0.39, 0.29) is 17.9 Å². The van der Waals surface area contributed by atoms with Crippen molar-refractivity contribution in [3.8, 4) is 0 Å². The van der Waals surface area contributed by atoms with Crippen LogP contribution in [0.1, 0.15) is 22.3 Å². The second-order valence-electron chi connectivity index (χ2n) is 6.79. The zero-order valence-electron chi connectivity index (χ0n) is 13.2. The predicted octanol–water partition coefficient (Wildman–Crippen LogP) is 1.11. The van der Waals surface area contributed by atoms with Gasteiger partial charge in [0.05, 0.1) is 30.5 Å². The zero-order chi connectivity index (χ0) is 16.0. The van der Waals surface area contributed by atoms with Crippen LogP contribution in [0.2, 0.25) is 0 Å². The summed E-state index contributed by atoms with van der Waals surface area (Å²) in [6, 6.07) is 3.91. The van der Waals surface area contributed by atoms with Crippen LogP contribution in [-0.4, -0.2) is 58.4 Å². The van der Waals surface area contributed by atoms with E-state index in [0.717, 1.165) is 17.5 Å². The fourth-order valence-corrected chi connectivity index (χ4v) is 4.02. The number of aliphatic hydroxyl groups excluding tert-OH is 1. The Bertz CT molecular complexity index is 757. The molecule has 2 aromatic heterocycles. The summed E-state index contributed by atoms with van der Waals surface area (Å²) in [4.78, 5) is 14.9. The third kappa shape index (κ3) is 2.16. The molecular weight excluding hydrogens is 294 g/mol. The monoisotopic (exact) mass is 315 g/mol. The van der Waals surface area contributed by atoms with Gasteiger partial charge in [0, 0.05) is 31.3 Å². The molecule has 1 amide bonds. The molecule has 2 aliphatic heterocycles. The number of likely N-dealkylation sites (tertiary alicyclic amines) is 1. The molecule has 4 heterocycles. The number of carbonyl (C=O) groups excluding carboxylic acids is 1. The Kier molecular flexibility index (Phi) is 3.39. The highest BCUT2D eigenvalue weighted by Crippen LogP contribution is 2.41. The number of ether oxygens (including phenoxy) is 1. The summed E-state index contributed by atoms with van der Waals surface area (Å²) in [6.45, 7) is 4.54. The molecular formula is C17H21N3O3. The molecule has 122 valence electrons. The van der Waals surface area contributed by atoms with Crippen molar-refractivity contribution < 1.29 is 14.6 Å². The van der Waals surface area contributed by atoms with Crippen molar-refractivity contribution in [1.29, 1.82) is 0 Å². The van der Waals surface area contributed by atoms with E-state index >= 15 is 0 Å². The summed E-state index contributed by atoms with van der Waals surface area (Å²) >= 11 is 0. The molecule has 2 aliphatic rings. The summed E-state index contributed by atoms with van der Waals surface area (Å²) < 4.78 is 7.32. The van der Waals surface area contributed by atoms with E-state index in [0.29, 0.717) is 37.8 Å². The van der Waals surface area contributed by atoms with Gasteiger partial charge in [-0.3, -0.25) is 4.79 Å². The van der Waals surface area contributed by atoms with E-state index < -0.39 is 0 Å². The number of aliphatic hydroxyl groups is 1. The number of hydrogen-bond donors (Lipinski definition) is 1. The lowest BCUT2D eigenvalue weighted by Crippen LogP contribution is -2.43. The van der Waals surface area contributed by atoms with Gasteiger partial charge in [-0.05, 0) is 30.9 Å². The van der Waals surface area contributed by atoms with Gasteiger partial charge in [-0.1, -0.05) is 6.07 Å². The minimum absolute atomic E-state index is 0.00322. The fraction of sp³-hybridized carbons (Fsp3) is 0.529. The molecule has 0 bridgehead atoms. The normalized spacial score (nSPS) is 27.4. The van der Waals surface area contributed by atoms with Crippen molar-refractivity contribution in [3.63, 3.8) is 0 Å². The van der Waals surface area contributed by atoms with Gasteiger partial charge in [0.15, 0.2) is 0 Å². The van der Waals surface area contributed by atoms with Crippen LogP contribution in [0.4, 0.5) is 0 Å². The Balaban J connectivity index is 1.67. The molecule has 6 nitrogen and oxygen atoms in total. The second kappa shape index (κ2) is 5.32. The molecule has 0 aliphatic carbocycles. The Hall–Kier alpha value is -1.92. The maximum absolute atomic E-state index is 13.0. The summed E-state index contributed by atoms with van der Waals surface area (Å²) in [5.41, 5.74) is 2.23. The summed E-state index contributed by atoms with van der Waals surface area (Å²) in [7, 11) is 0. The quantitative estimate of drug-likeness (QED) is 0.901. The van der Waals surface area contributed by atoms with Gasteiger partial charge in [-0.25, -0.2) is 4.52 Å². The largest absolute Gasteiger partial charge is 0.396 e. The molecule has 2 aromatic rings. The summed E-state index contributed by atoms with van der Waals surface area (Å²) in [5.74, 6) is 0.310. The molecule has 2 atom stereocenters. The van der Waals surface area contributed by atoms with Crippen LogP contribution in [0, 0.1) is 18.3 Å². The number of aryl methyl sites for hydroxylation is 1. The van der Waals surface area contributed by atoms with Gasteiger partial charge < -0.3 is 14.7 Å². The fourth-order valence-electron chi connectivity index (χ4n) is 4.02. The van der Waals surface area contributed by atoms with E-state index in [2.05, 4.69) is 5.10 Å². The lowest BCUT2D eigenvalue weighted by Gasteiger charge is -2.36. The highest BCUT2D eigenvalue weighted by molar-refractivity contribution is 6.01. The molecule has 0 radical (unpaired) electrons. The third-order valence-corrected chi connectivity index (χ3v) is 5.39. The molecule has 23 heavy (non-hydrogen) atoms. The molecule has 0 saturated carbocycles. The first-order valence-electron chi connectivity index (χ1n) is 8.05. The third-order valence-electron chi connectivity index (χ3n) is 5.39. The number of pyridine rings is 1. The molecule has 0 spiro atoms. The number of nitrogens with zero attached hydrogens (tertiary/aromatic N) is 3. The van der Waals surface area contributed by atoms with Gasteiger partial charge in [-0.2, -0.15) is 5.10 Å². The molecule has 2 saturated heterocycles. The minimum Gasteiger partial charge on any atom is -0.396 e. The molecule has 4 rings (SSSR count). The van der Waals surface area contributed by atoms with Crippen molar-refractivity contribution in [2.45, 2.75) is 13.3 Å². The van der Waals surface area contributed by atoms with Gasteiger partial charge in [0.25, 0.3) is 5.91 Å². The van der Waals surface area contributed by atoms with Crippen LogP contribution in [0.15, 0.2) is 24.5 Å². The van der Waals surface area contributed by atoms with E-state index in [1.54, 1.807) is 10.7 Å². The first-order chi connectivity index (χ1) is 11.1. The first kappa shape index (κ1) is 14.7. The summed E-state index contributed by atoms with van der Waals surface area (Å²) in [5, 5.41) is 14.2. The average molecular weight is 315 g/mol. The molecule has 2 fully saturated rings. The van der Waals surface area contributed by atoms with Crippen molar-refractivity contribution in [2.24, 2.45) is 11.3 Å². The second-order valence-corrected chi connectivity index (χ2v) is 6.79. The number of hydrogen-bond acceptors (Lipinski definition) is 4. The summed E-state index contributed by atoms with van der Waals surface area (Å²) in [6.07, 6.45) is 4.40. The van der Waals surface area contributed by atoms with E-state index in [4.69, 9.17) is 4.74 Å². The Morgan fingerprint density at radius 2 is 2.43 bits per heavy atom. The zero-order valence-corrected chi connectivity index (χ0v) is 13.2. The van der Waals surface area contributed by atoms with Crippen molar-refractivity contribution >= 4 is 11.4 Å². The lowest BCUT2D eigenvalue weighted by molar-refractivity contribution is -0.0556. The van der Waals surface area contributed by atoms with E-state index in [1.165, 1.54) is 0 Å². The number of rotatable bonds is 2. The van der Waals surface area contributed by atoms with Crippen LogP contribution in [0.3, 0.4) is 0 Å². The Morgan fingerprint density at radius 1 is 1.57 bits per heavy atom. The number of aromatic nitrogens is 2. The highest BCUT2D eigenvalue weighted by atomic mass is 16.5. The van der Waals surface area contributed by atoms with Gasteiger partial charge >= 0.3 is 0 Å². The molecule has 0 unspecified atom stereocenters. The van der Waals surface area contributed by atoms with Crippen LogP contribution in [-0.2, 0) is 4.74 Å². The first-order valence-corrected chi connectivity index (χ1v) is 8.05. The van der Waals surface area contributed by atoms with Gasteiger partial charge in [-0.15, -0.1) is 0 Å². The topological polar surface area (TPSA) is 67.1 Å². The van der Waals surface area contributed by atoms with Crippen LogP contribution in [0.25, 0.3) is 5.52 Å². The maximum atomic E-state index is 13.0. The van der Waals surface area contributed by atoms with Crippen LogP contribution >= 0.6 is 0 Å². The minimum atomic E-state index is -0.300. The number of carbonyl (C=O) groups is 1. The van der Waals surface area contributed by atoms with E-state index in [9.17, 15) is 9.90 Å². The maximum Gasteiger partial charge on any atom is 0.257 e. The SMILES string of the molecule is Cc1cccn2ncc(C(=O)N3C[C@@H]4CCOC[C@]4(CO)C3)c12. The van der Waals surface area contributed by atoms with Crippen molar-refractivity contribution in [2.75, 3.05) is 32.9 Å². The number of fused-ring (bicyclic) bond motifs is 2. The van der Waals surface area contributed by atoms with Crippen LogP contribution in [0.5, 0.6) is 0 Å². The van der Waals surface area contributed by atoms with Crippen LogP contribution < -0.4 is 0 Å². The smallest absolute Gasteiger partial charge is 0.257 e. The van der Waals surface area contributed by atoms with E-state index in [1.807, 2.05) is 30.2 Å². The highest BCUT2D eigenvalue weighted by Gasteiger charge is 2.49. The Labute approximate surface area is 134 Å². The van der Waals surface area contributed by atoms with Crippen molar-refractivity contribution in [3.05, 3.63) is 35.7 Å². The predicted molar refractivity (Wildman–Crippen MR) is 84.3 cm³/mol.